The maximum atomic E-state index is 12.8. The van der Waals surface area contributed by atoms with Crippen LogP contribution in [0.25, 0.3) is 0 Å². The maximum Gasteiger partial charge on any atom is 0.263 e. The Kier molecular flexibility index (Phi) is 4.65. The molecule has 1 atom stereocenters. The fraction of sp³-hybridized carbons (Fsp3) is 0.350. The van der Waals surface area contributed by atoms with E-state index in [1.165, 1.54) is 11.1 Å². The summed E-state index contributed by atoms with van der Waals surface area (Å²) in [6.07, 6.45) is 1.18. The van der Waals surface area contributed by atoms with Crippen molar-refractivity contribution >= 4 is 5.91 Å². The molecule has 23 heavy (non-hydrogen) atoms. The molecule has 3 rings (SSSR count). The third-order valence-corrected chi connectivity index (χ3v) is 4.36. The number of hydrogen-bond donors (Lipinski definition) is 0. The van der Waals surface area contributed by atoms with Crippen LogP contribution in [0.3, 0.4) is 0 Å². The molecule has 3 nitrogen and oxygen atoms in total. The van der Waals surface area contributed by atoms with Gasteiger partial charge in [-0.25, -0.2) is 0 Å². The first-order valence-electron chi connectivity index (χ1n) is 8.26. The minimum Gasteiger partial charge on any atom is -0.481 e. The molecule has 1 aliphatic heterocycles. The van der Waals surface area contributed by atoms with Crippen LogP contribution in [-0.2, 0) is 17.8 Å². The molecule has 1 aliphatic rings. The van der Waals surface area contributed by atoms with E-state index in [0.717, 1.165) is 24.3 Å². The molecule has 0 saturated carbocycles. The zero-order valence-electron chi connectivity index (χ0n) is 13.8. The SMILES string of the molecule is CC[C@H](Oc1cccc(C)c1)C(=O)N1CCc2ccccc2C1. The van der Waals surface area contributed by atoms with Gasteiger partial charge in [0.25, 0.3) is 5.91 Å². The normalized spacial score (nSPS) is 15.0. The van der Waals surface area contributed by atoms with E-state index in [1.807, 2.05) is 49.1 Å². The lowest BCUT2D eigenvalue weighted by molar-refractivity contribution is -0.139. The molecule has 0 saturated heterocycles. The summed E-state index contributed by atoms with van der Waals surface area (Å²) in [6.45, 7) is 5.47. The zero-order chi connectivity index (χ0) is 16.2. The Morgan fingerprint density at radius 2 is 1.96 bits per heavy atom. The minimum atomic E-state index is -0.415. The Hall–Kier alpha value is -2.29. The van der Waals surface area contributed by atoms with Gasteiger partial charge in [-0.3, -0.25) is 4.79 Å². The van der Waals surface area contributed by atoms with E-state index in [9.17, 15) is 4.79 Å². The predicted octanol–water partition coefficient (Wildman–Crippen LogP) is 3.74. The van der Waals surface area contributed by atoms with Gasteiger partial charge in [0.05, 0.1) is 0 Å². The van der Waals surface area contributed by atoms with Gasteiger partial charge in [-0.05, 0) is 48.6 Å². The highest BCUT2D eigenvalue weighted by atomic mass is 16.5. The fourth-order valence-corrected chi connectivity index (χ4v) is 3.05. The second-order valence-corrected chi connectivity index (χ2v) is 6.11. The smallest absolute Gasteiger partial charge is 0.263 e. The molecular weight excluding hydrogens is 286 g/mol. The number of fused-ring (bicyclic) bond motifs is 1. The first-order chi connectivity index (χ1) is 11.2. The lowest BCUT2D eigenvalue weighted by Gasteiger charge is -2.31. The molecule has 0 aromatic heterocycles. The van der Waals surface area contributed by atoms with Gasteiger partial charge >= 0.3 is 0 Å². The van der Waals surface area contributed by atoms with Crippen LogP contribution >= 0.6 is 0 Å². The van der Waals surface area contributed by atoms with Crippen molar-refractivity contribution in [3.05, 3.63) is 65.2 Å². The van der Waals surface area contributed by atoms with Crippen LogP contribution in [0.2, 0.25) is 0 Å². The third kappa shape index (κ3) is 3.55. The molecule has 1 heterocycles. The van der Waals surface area contributed by atoms with Crippen molar-refractivity contribution in [2.45, 2.75) is 39.3 Å². The highest BCUT2D eigenvalue weighted by molar-refractivity contribution is 5.81. The number of nitrogens with zero attached hydrogens (tertiary/aromatic N) is 1. The van der Waals surface area contributed by atoms with Gasteiger partial charge in [-0.2, -0.15) is 0 Å². The topological polar surface area (TPSA) is 29.5 Å². The summed E-state index contributed by atoms with van der Waals surface area (Å²) < 4.78 is 5.96. The number of ether oxygens (including phenoxy) is 1. The number of benzene rings is 2. The van der Waals surface area contributed by atoms with Crippen molar-refractivity contribution in [3.8, 4) is 5.75 Å². The van der Waals surface area contributed by atoms with E-state index in [0.29, 0.717) is 13.0 Å². The molecule has 3 heteroatoms. The summed E-state index contributed by atoms with van der Waals surface area (Å²) >= 11 is 0. The van der Waals surface area contributed by atoms with Gasteiger partial charge in [0.1, 0.15) is 5.75 Å². The zero-order valence-corrected chi connectivity index (χ0v) is 13.8. The molecule has 0 bridgehead atoms. The molecule has 0 radical (unpaired) electrons. The Morgan fingerprint density at radius 1 is 1.17 bits per heavy atom. The van der Waals surface area contributed by atoms with Crippen molar-refractivity contribution < 1.29 is 9.53 Å². The molecule has 0 fully saturated rings. The van der Waals surface area contributed by atoms with Gasteiger partial charge in [0.15, 0.2) is 6.10 Å². The summed E-state index contributed by atoms with van der Waals surface area (Å²) in [4.78, 5) is 14.8. The lowest BCUT2D eigenvalue weighted by Crippen LogP contribution is -2.44. The standard InChI is InChI=1S/C20H23NO2/c1-3-19(23-18-10-6-7-15(2)13-18)20(22)21-12-11-16-8-4-5-9-17(16)14-21/h4-10,13,19H,3,11-12,14H2,1-2H3/t19-/m0/s1. The first-order valence-corrected chi connectivity index (χ1v) is 8.26. The monoisotopic (exact) mass is 309 g/mol. The van der Waals surface area contributed by atoms with Crippen molar-refractivity contribution in [2.24, 2.45) is 0 Å². The maximum absolute atomic E-state index is 12.8. The van der Waals surface area contributed by atoms with Crippen molar-refractivity contribution in [1.82, 2.24) is 4.90 Å². The largest absolute Gasteiger partial charge is 0.481 e. The fourth-order valence-electron chi connectivity index (χ4n) is 3.05. The molecule has 120 valence electrons. The number of carbonyl (C=O) groups is 1. The second-order valence-electron chi connectivity index (χ2n) is 6.11. The summed E-state index contributed by atoms with van der Waals surface area (Å²) in [6, 6.07) is 16.2. The predicted molar refractivity (Wildman–Crippen MR) is 91.4 cm³/mol. The average molecular weight is 309 g/mol. The van der Waals surface area contributed by atoms with E-state index < -0.39 is 6.10 Å². The van der Waals surface area contributed by atoms with Gasteiger partial charge in [-0.15, -0.1) is 0 Å². The van der Waals surface area contributed by atoms with Crippen LogP contribution in [-0.4, -0.2) is 23.5 Å². The Morgan fingerprint density at radius 3 is 2.70 bits per heavy atom. The van der Waals surface area contributed by atoms with Crippen LogP contribution < -0.4 is 4.74 Å². The van der Waals surface area contributed by atoms with E-state index in [4.69, 9.17) is 4.74 Å². The summed E-state index contributed by atoms with van der Waals surface area (Å²) in [5.41, 5.74) is 3.73. The number of hydrogen-bond acceptors (Lipinski definition) is 2. The highest BCUT2D eigenvalue weighted by Crippen LogP contribution is 2.21. The molecule has 0 unspecified atom stereocenters. The van der Waals surface area contributed by atoms with Gasteiger partial charge in [0, 0.05) is 13.1 Å². The van der Waals surface area contributed by atoms with Crippen molar-refractivity contribution in [1.29, 1.82) is 0 Å². The first kappa shape index (κ1) is 15.6. The number of carbonyl (C=O) groups excluding carboxylic acids is 1. The van der Waals surface area contributed by atoms with E-state index >= 15 is 0 Å². The number of amides is 1. The third-order valence-electron chi connectivity index (χ3n) is 4.36. The molecule has 1 amide bonds. The molecule has 2 aromatic carbocycles. The molecule has 0 spiro atoms. The number of aryl methyl sites for hydroxylation is 1. The molecule has 0 N–H and O–H groups in total. The highest BCUT2D eigenvalue weighted by Gasteiger charge is 2.27. The van der Waals surface area contributed by atoms with Gasteiger partial charge < -0.3 is 9.64 Å². The molecule has 0 aliphatic carbocycles. The van der Waals surface area contributed by atoms with Crippen molar-refractivity contribution in [2.75, 3.05) is 6.54 Å². The summed E-state index contributed by atoms with van der Waals surface area (Å²) in [5.74, 6) is 0.853. The van der Waals surface area contributed by atoms with Crippen LogP contribution in [0.5, 0.6) is 5.75 Å². The Labute approximate surface area is 137 Å². The van der Waals surface area contributed by atoms with Crippen LogP contribution in [0.15, 0.2) is 48.5 Å². The van der Waals surface area contributed by atoms with Crippen LogP contribution in [0, 0.1) is 6.92 Å². The van der Waals surface area contributed by atoms with Gasteiger partial charge in [0.2, 0.25) is 0 Å². The quantitative estimate of drug-likeness (QED) is 0.861. The second kappa shape index (κ2) is 6.86. The van der Waals surface area contributed by atoms with Crippen LogP contribution in [0.1, 0.15) is 30.0 Å². The summed E-state index contributed by atoms with van der Waals surface area (Å²) in [7, 11) is 0. The number of rotatable bonds is 4. The van der Waals surface area contributed by atoms with E-state index in [-0.39, 0.29) is 5.91 Å². The summed E-state index contributed by atoms with van der Waals surface area (Å²) in [5, 5.41) is 0. The molecule has 2 aromatic rings. The average Bonchev–Trinajstić information content (AvgIpc) is 2.58. The van der Waals surface area contributed by atoms with E-state index in [2.05, 4.69) is 18.2 Å². The Bertz CT molecular complexity index is 696. The van der Waals surface area contributed by atoms with Crippen LogP contribution in [0.4, 0.5) is 0 Å². The lowest BCUT2D eigenvalue weighted by atomic mass is 9.99. The van der Waals surface area contributed by atoms with E-state index in [1.54, 1.807) is 0 Å². The molecular formula is C20H23NO2. The van der Waals surface area contributed by atoms with Crippen molar-refractivity contribution in [3.63, 3.8) is 0 Å². The minimum absolute atomic E-state index is 0.0866. The van der Waals surface area contributed by atoms with Gasteiger partial charge in [-0.1, -0.05) is 43.3 Å². The Balaban J connectivity index is 1.71.